The Morgan fingerprint density at radius 2 is 1.62 bits per heavy atom. The number of guanidine groups is 1. The summed E-state index contributed by atoms with van der Waals surface area (Å²) >= 11 is 1.61. The summed E-state index contributed by atoms with van der Waals surface area (Å²) in [5, 5.41) is 3.83. The summed E-state index contributed by atoms with van der Waals surface area (Å²) in [5.74, 6) is 0.675. The second-order valence-electron chi connectivity index (χ2n) is 6.38. The molecule has 4 rings (SSSR count). The molecule has 2 aromatic carbocycles. The zero-order valence-electron chi connectivity index (χ0n) is 16.1. The molecule has 29 heavy (non-hydrogen) atoms. The number of anilines is 1. The van der Waals surface area contributed by atoms with Gasteiger partial charge in [-0.15, -0.1) is 11.3 Å². The van der Waals surface area contributed by atoms with Crippen LogP contribution in [0.5, 0.6) is 0 Å². The second kappa shape index (κ2) is 8.20. The first-order valence-corrected chi connectivity index (χ1v) is 9.91. The van der Waals surface area contributed by atoms with Crippen LogP contribution in [0.3, 0.4) is 0 Å². The van der Waals surface area contributed by atoms with Crippen molar-refractivity contribution in [2.45, 2.75) is 6.92 Å². The summed E-state index contributed by atoms with van der Waals surface area (Å²) < 4.78 is 0. The maximum absolute atomic E-state index is 5.71. The van der Waals surface area contributed by atoms with Crippen LogP contribution in [0.25, 0.3) is 32.3 Å². The molecular formula is C22H20N6S. The number of benzene rings is 2. The van der Waals surface area contributed by atoms with Crippen molar-refractivity contribution in [1.82, 2.24) is 15.0 Å². The lowest BCUT2D eigenvalue weighted by atomic mass is 10.0. The predicted molar refractivity (Wildman–Crippen MR) is 120 cm³/mol. The summed E-state index contributed by atoms with van der Waals surface area (Å²) in [6, 6.07) is 20.7. The summed E-state index contributed by atoms with van der Waals surface area (Å²) in [6.07, 6.45) is 1.70. The molecule has 0 aliphatic heterocycles. The Bertz CT molecular complexity index is 1150. The molecule has 0 saturated heterocycles. The van der Waals surface area contributed by atoms with Crippen LogP contribution in [0.15, 0.2) is 71.9 Å². The SMILES string of the molecule is CN=C(N)Nc1nccc(-c2sc(-c3ccc(-c4ccccc4)cc3)nc2C)n1. The summed E-state index contributed by atoms with van der Waals surface area (Å²) in [5.41, 5.74) is 10.9. The highest BCUT2D eigenvalue weighted by molar-refractivity contribution is 7.18. The van der Waals surface area contributed by atoms with Crippen molar-refractivity contribution in [3.8, 4) is 32.3 Å². The number of aromatic nitrogens is 3. The first kappa shape index (κ1) is 18.8. The van der Waals surface area contributed by atoms with E-state index in [0.29, 0.717) is 5.95 Å². The summed E-state index contributed by atoms with van der Waals surface area (Å²) in [6.45, 7) is 1.99. The van der Waals surface area contributed by atoms with E-state index in [-0.39, 0.29) is 5.96 Å². The van der Waals surface area contributed by atoms with Crippen LogP contribution in [0.4, 0.5) is 5.95 Å². The Kier molecular flexibility index (Phi) is 5.31. The topological polar surface area (TPSA) is 89.1 Å². The molecule has 0 fully saturated rings. The van der Waals surface area contributed by atoms with Crippen LogP contribution in [-0.4, -0.2) is 28.0 Å². The van der Waals surface area contributed by atoms with Gasteiger partial charge in [0, 0.05) is 18.8 Å². The summed E-state index contributed by atoms with van der Waals surface area (Å²) in [7, 11) is 1.61. The first-order chi connectivity index (χ1) is 14.1. The molecule has 144 valence electrons. The molecule has 0 spiro atoms. The van der Waals surface area contributed by atoms with Crippen molar-refractivity contribution in [2.75, 3.05) is 12.4 Å². The van der Waals surface area contributed by atoms with Crippen molar-refractivity contribution in [1.29, 1.82) is 0 Å². The van der Waals surface area contributed by atoms with Crippen molar-refractivity contribution in [3.63, 3.8) is 0 Å². The molecule has 2 heterocycles. The Morgan fingerprint density at radius 3 is 2.34 bits per heavy atom. The number of nitrogens with zero attached hydrogens (tertiary/aromatic N) is 4. The molecule has 7 heteroatoms. The predicted octanol–water partition coefficient (Wildman–Crippen LogP) is 4.60. The Morgan fingerprint density at radius 1 is 0.931 bits per heavy atom. The van der Waals surface area contributed by atoms with Crippen LogP contribution in [-0.2, 0) is 0 Å². The van der Waals surface area contributed by atoms with Crippen LogP contribution in [0.1, 0.15) is 5.69 Å². The molecule has 2 aromatic heterocycles. The highest BCUT2D eigenvalue weighted by atomic mass is 32.1. The molecule has 0 bridgehead atoms. The van der Waals surface area contributed by atoms with Gasteiger partial charge in [-0.25, -0.2) is 15.0 Å². The van der Waals surface area contributed by atoms with Gasteiger partial charge < -0.3 is 5.73 Å². The zero-order chi connectivity index (χ0) is 20.2. The van der Waals surface area contributed by atoms with E-state index in [4.69, 9.17) is 10.7 Å². The lowest BCUT2D eigenvalue weighted by Crippen LogP contribution is -2.23. The number of nitrogens with two attached hydrogens (primary N) is 1. The first-order valence-electron chi connectivity index (χ1n) is 9.10. The van der Waals surface area contributed by atoms with Gasteiger partial charge in [-0.1, -0.05) is 54.6 Å². The van der Waals surface area contributed by atoms with Crippen molar-refractivity contribution in [2.24, 2.45) is 10.7 Å². The standard InChI is InChI=1S/C22H20N6S/c1-14-19(18-12-13-25-22(27-18)28-21(23)24-2)29-20(26-14)17-10-8-16(9-11-17)15-6-4-3-5-7-15/h3-13H,1-2H3,(H3,23,24,25,27,28). The lowest BCUT2D eigenvalue weighted by Gasteiger charge is -2.04. The Hall–Kier alpha value is -3.58. The van der Waals surface area contributed by atoms with E-state index in [2.05, 4.69) is 56.7 Å². The van der Waals surface area contributed by atoms with Gasteiger partial charge in [-0.3, -0.25) is 10.3 Å². The largest absolute Gasteiger partial charge is 0.370 e. The van der Waals surface area contributed by atoms with Crippen molar-refractivity contribution >= 4 is 23.2 Å². The molecule has 0 unspecified atom stereocenters. The van der Waals surface area contributed by atoms with Gasteiger partial charge in [0.25, 0.3) is 0 Å². The average molecular weight is 401 g/mol. The highest BCUT2D eigenvalue weighted by Gasteiger charge is 2.13. The van der Waals surface area contributed by atoms with E-state index >= 15 is 0 Å². The van der Waals surface area contributed by atoms with Gasteiger partial charge in [-0.05, 0) is 24.1 Å². The Labute approximate surface area is 173 Å². The minimum absolute atomic E-state index is 0.266. The van der Waals surface area contributed by atoms with Crippen LogP contribution < -0.4 is 11.1 Å². The zero-order valence-corrected chi connectivity index (χ0v) is 16.9. The second-order valence-corrected chi connectivity index (χ2v) is 7.38. The minimum Gasteiger partial charge on any atom is -0.370 e. The van der Waals surface area contributed by atoms with Crippen LogP contribution in [0.2, 0.25) is 0 Å². The normalized spacial score (nSPS) is 11.4. The molecule has 0 amide bonds. The molecule has 6 nitrogen and oxygen atoms in total. The number of rotatable bonds is 4. The number of nitrogens with one attached hydrogen (secondary N) is 1. The summed E-state index contributed by atoms with van der Waals surface area (Å²) in [4.78, 5) is 18.4. The fraction of sp³-hybridized carbons (Fsp3) is 0.0909. The highest BCUT2D eigenvalue weighted by Crippen LogP contribution is 2.35. The number of thiazole rings is 1. The van der Waals surface area contributed by atoms with Gasteiger partial charge in [0.1, 0.15) is 5.01 Å². The number of aliphatic imine (C=N–C) groups is 1. The maximum Gasteiger partial charge on any atom is 0.230 e. The number of hydrogen-bond acceptors (Lipinski definition) is 5. The monoisotopic (exact) mass is 400 g/mol. The molecular weight excluding hydrogens is 380 g/mol. The van der Waals surface area contributed by atoms with Gasteiger partial charge in [-0.2, -0.15) is 0 Å². The number of hydrogen-bond donors (Lipinski definition) is 2. The van der Waals surface area contributed by atoms with Gasteiger partial charge in [0.15, 0.2) is 5.96 Å². The quantitative estimate of drug-likeness (QED) is 0.386. The molecule has 0 atom stereocenters. The maximum atomic E-state index is 5.71. The van der Waals surface area contributed by atoms with E-state index in [9.17, 15) is 0 Å². The fourth-order valence-corrected chi connectivity index (χ4v) is 3.95. The van der Waals surface area contributed by atoms with Gasteiger partial charge in [0.05, 0.1) is 16.3 Å². The third-order valence-corrected chi connectivity index (χ3v) is 5.63. The molecule has 0 aliphatic carbocycles. The van der Waals surface area contributed by atoms with E-state index in [1.165, 1.54) is 11.1 Å². The fourth-order valence-electron chi connectivity index (χ4n) is 2.91. The molecule has 3 N–H and O–H groups in total. The third kappa shape index (κ3) is 4.14. The van der Waals surface area contributed by atoms with Crippen LogP contribution in [0, 0.1) is 6.92 Å². The molecule has 4 aromatic rings. The van der Waals surface area contributed by atoms with Gasteiger partial charge in [0.2, 0.25) is 5.95 Å². The van der Waals surface area contributed by atoms with E-state index in [1.54, 1.807) is 24.6 Å². The van der Waals surface area contributed by atoms with E-state index < -0.39 is 0 Å². The third-order valence-electron chi connectivity index (χ3n) is 4.40. The smallest absolute Gasteiger partial charge is 0.230 e. The van der Waals surface area contributed by atoms with Crippen molar-refractivity contribution < 1.29 is 0 Å². The Balaban J connectivity index is 1.62. The molecule has 0 radical (unpaired) electrons. The van der Waals surface area contributed by atoms with Crippen molar-refractivity contribution in [3.05, 3.63) is 72.6 Å². The van der Waals surface area contributed by atoms with E-state index in [0.717, 1.165) is 26.8 Å². The minimum atomic E-state index is 0.266. The molecule has 0 aliphatic rings. The van der Waals surface area contributed by atoms with Gasteiger partial charge >= 0.3 is 0 Å². The molecule has 0 saturated carbocycles. The average Bonchev–Trinajstić information content (AvgIpc) is 3.16. The lowest BCUT2D eigenvalue weighted by molar-refractivity contribution is 1.16. The number of aryl methyl sites for hydroxylation is 1. The van der Waals surface area contributed by atoms with E-state index in [1.807, 2.05) is 31.2 Å². The van der Waals surface area contributed by atoms with Crippen LogP contribution >= 0.6 is 11.3 Å².